The van der Waals surface area contributed by atoms with Gasteiger partial charge in [0, 0.05) is 7.05 Å². The minimum Gasteiger partial charge on any atom is -0.494 e. The maximum Gasteiger partial charge on any atom is 0.129 e. The first-order valence-electron chi connectivity index (χ1n) is 6.40. The van der Waals surface area contributed by atoms with Crippen molar-refractivity contribution in [3.8, 4) is 16.3 Å². The molecule has 0 spiro atoms. The number of aromatic nitrogens is 2. The number of nitrogens with zero attached hydrogens (tertiary/aromatic N) is 2. The van der Waals surface area contributed by atoms with Crippen molar-refractivity contribution in [2.75, 3.05) is 19.0 Å². The van der Waals surface area contributed by atoms with E-state index in [9.17, 15) is 0 Å². The summed E-state index contributed by atoms with van der Waals surface area (Å²) < 4.78 is 11.1. The maximum absolute atomic E-state index is 5.54. The van der Waals surface area contributed by atoms with E-state index < -0.39 is 0 Å². The van der Waals surface area contributed by atoms with E-state index in [4.69, 9.17) is 9.72 Å². The highest BCUT2D eigenvalue weighted by molar-refractivity contribution is 7.22. The van der Waals surface area contributed by atoms with Crippen LogP contribution in [0, 0.1) is 6.92 Å². The topological polar surface area (TPSA) is 47.0 Å². The smallest absolute Gasteiger partial charge is 0.129 e. The molecule has 0 saturated carbocycles. The lowest BCUT2D eigenvalue weighted by Crippen LogP contribution is -1.90. The summed E-state index contributed by atoms with van der Waals surface area (Å²) in [6, 6.07) is 6.02. The zero-order chi connectivity index (χ0) is 14.1. The molecule has 0 bridgehead atoms. The third-order valence-electron chi connectivity index (χ3n) is 2.97. The Morgan fingerprint density at radius 3 is 2.95 bits per heavy atom. The van der Waals surface area contributed by atoms with Gasteiger partial charge in [-0.1, -0.05) is 0 Å². The van der Waals surface area contributed by atoms with Crippen LogP contribution in [-0.4, -0.2) is 23.0 Å². The summed E-state index contributed by atoms with van der Waals surface area (Å²) in [4.78, 5) is 4.72. The second-order valence-electron chi connectivity index (χ2n) is 4.30. The van der Waals surface area contributed by atoms with E-state index in [0.717, 1.165) is 37.2 Å². The molecule has 2 heterocycles. The Morgan fingerprint density at radius 1 is 1.35 bits per heavy atom. The number of rotatable bonds is 4. The number of hydrogen-bond donors (Lipinski definition) is 1. The Morgan fingerprint density at radius 2 is 2.20 bits per heavy atom. The number of thiazole rings is 1. The van der Waals surface area contributed by atoms with Crippen molar-refractivity contribution in [1.82, 2.24) is 9.36 Å². The molecule has 4 nitrogen and oxygen atoms in total. The third kappa shape index (κ3) is 2.25. The third-order valence-corrected chi connectivity index (χ3v) is 4.97. The number of hydrogen-bond acceptors (Lipinski definition) is 6. The van der Waals surface area contributed by atoms with Gasteiger partial charge < -0.3 is 10.1 Å². The Balaban J connectivity index is 2.10. The molecular formula is C14H15N3OS2. The highest BCUT2D eigenvalue weighted by atomic mass is 32.1. The number of benzene rings is 1. The van der Waals surface area contributed by atoms with Crippen LogP contribution in [0.15, 0.2) is 18.2 Å². The van der Waals surface area contributed by atoms with Crippen molar-refractivity contribution in [3.05, 3.63) is 23.9 Å². The van der Waals surface area contributed by atoms with Crippen LogP contribution in [0.1, 0.15) is 12.6 Å². The highest BCUT2D eigenvalue weighted by Crippen LogP contribution is 2.39. The van der Waals surface area contributed by atoms with Crippen molar-refractivity contribution >= 4 is 38.1 Å². The van der Waals surface area contributed by atoms with Crippen LogP contribution in [0.3, 0.4) is 0 Å². The average Bonchev–Trinajstić information content (AvgIpc) is 3.01. The molecule has 104 valence electrons. The summed E-state index contributed by atoms with van der Waals surface area (Å²) in [5.74, 6) is 0.893. The zero-order valence-corrected chi connectivity index (χ0v) is 13.2. The fourth-order valence-corrected chi connectivity index (χ4v) is 3.97. The standard InChI is InChI=1S/C14H15N3OS2/c1-4-18-9-5-6-10-11(7-9)19-14(16-10)12-8(2)17-20-13(12)15-3/h5-7,15H,4H2,1-3H3. The molecule has 2 aromatic heterocycles. The molecule has 0 aliphatic carbocycles. The van der Waals surface area contributed by atoms with Gasteiger partial charge in [-0.2, -0.15) is 4.37 Å². The van der Waals surface area contributed by atoms with Crippen LogP contribution in [0.4, 0.5) is 5.00 Å². The largest absolute Gasteiger partial charge is 0.494 e. The number of aryl methyl sites for hydroxylation is 1. The van der Waals surface area contributed by atoms with Crippen LogP contribution >= 0.6 is 22.9 Å². The molecule has 0 amide bonds. The van der Waals surface area contributed by atoms with Gasteiger partial charge in [-0.05, 0) is 43.6 Å². The molecule has 3 rings (SSSR count). The second kappa shape index (κ2) is 5.38. The van der Waals surface area contributed by atoms with Crippen molar-refractivity contribution in [1.29, 1.82) is 0 Å². The van der Waals surface area contributed by atoms with Gasteiger partial charge in [0.2, 0.25) is 0 Å². The molecule has 0 radical (unpaired) electrons. The first-order chi connectivity index (χ1) is 9.72. The Hall–Kier alpha value is -1.66. The lowest BCUT2D eigenvalue weighted by molar-refractivity contribution is 0.341. The lowest BCUT2D eigenvalue weighted by atomic mass is 10.2. The van der Waals surface area contributed by atoms with Crippen molar-refractivity contribution in [3.63, 3.8) is 0 Å². The average molecular weight is 305 g/mol. The monoisotopic (exact) mass is 305 g/mol. The van der Waals surface area contributed by atoms with Crippen LogP contribution < -0.4 is 10.1 Å². The van der Waals surface area contributed by atoms with Crippen molar-refractivity contribution in [2.45, 2.75) is 13.8 Å². The van der Waals surface area contributed by atoms with Crippen molar-refractivity contribution < 1.29 is 4.74 Å². The van der Waals surface area contributed by atoms with Gasteiger partial charge in [0.05, 0.1) is 28.1 Å². The van der Waals surface area contributed by atoms with Crippen LogP contribution in [0.2, 0.25) is 0 Å². The molecule has 0 aliphatic heterocycles. The van der Waals surface area contributed by atoms with Gasteiger partial charge in [0.15, 0.2) is 0 Å². The molecule has 1 aromatic carbocycles. The lowest BCUT2D eigenvalue weighted by Gasteiger charge is -2.00. The molecule has 20 heavy (non-hydrogen) atoms. The summed E-state index contributed by atoms with van der Waals surface area (Å²) in [5, 5.41) is 5.25. The maximum atomic E-state index is 5.54. The van der Waals surface area contributed by atoms with Crippen LogP contribution in [0.25, 0.3) is 20.8 Å². The predicted octanol–water partition coefficient (Wildman–Crippen LogP) is 4.17. The van der Waals surface area contributed by atoms with Gasteiger partial charge in [0.25, 0.3) is 0 Å². The minimum atomic E-state index is 0.675. The molecule has 1 N–H and O–H groups in total. The number of anilines is 1. The number of fused-ring (bicyclic) bond motifs is 1. The van der Waals surface area contributed by atoms with E-state index in [1.807, 2.05) is 39.1 Å². The summed E-state index contributed by atoms with van der Waals surface area (Å²) in [7, 11) is 1.91. The van der Waals surface area contributed by atoms with Crippen LogP contribution in [0.5, 0.6) is 5.75 Å². The van der Waals surface area contributed by atoms with Crippen LogP contribution in [-0.2, 0) is 0 Å². The Labute approximate surface area is 125 Å². The quantitative estimate of drug-likeness (QED) is 0.786. The van der Waals surface area contributed by atoms with E-state index in [1.54, 1.807) is 11.3 Å². The number of nitrogens with one attached hydrogen (secondary N) is 1. The van der Waals surface area contributed by atoms with Gasteiger partial charge in [-0.25, -0.2) is 4.98 Å². The second-order valence-corrected chi connectivity index (χ2v) is 6.11. The van der Waals surface area contributed by atoms with E-state index in [2.05, 4.69) is 9.69 Å². The van der Waals surface area contributed by atoms with E-state index in [-0.39, 0.29) is 0 Å². The zero-order valence-electron chi connectivity index (χ0n) is 11.6. The Bertz CT molecular complexity index is 748. The molecule has 0 unspecified atom stereocenters. The fourth-order valence-electron chi connectivity index (χ4n) is 2.06. The summed E-state index contributed by atoms with van der Waals surface area (Å²) >= 11 is 3.15. The molecule has 3 aromatic rings. The molecule has 0 fully saturated rings. The normalized spacial score (nSPS) is 10.9. The molecule has 0 atom stereocenters. The van der Waals surface area contributed by atoms with E-state index in [0.29, 0.717) is 6.61 Å². The number of ether oxygens (including phenoxy) is 1. The fraction of sp³-hybridized carbons (Fsp3) is 0.286. The SMILES string of the molecule is CCOc1ccc2nc(-c3c(C)nsc3NC)sc2c1. The first kappa shape index (κ1) is 13.3. The first-order valence-corrected chi connectivity index (χ1v) is 7.99. The molecule has 0 aliphatic rings. The van der Waals surface area contributed by atoms with Gasteiger partial charge in [-0.15, -0.1) is 11.3 Å². The van der Waals surface area contributed by atoms with Gasteiger partial charge in [-0.3, -0.25) is 0 Å². The predicted molar refractivity (Wildman–Crippen MR) is 86.2 cm³/mol. The Kier molecular flexibility index (Phi) is 3.58. The summed E-state index contributed by atoms with van der Waals surface area (Å²) in [6.07, 6.45) is 0. The van der Waals surface area contributed by atoms with E-state index in [1.165, 1.54) is 11.5 Å². The van der Waals surface area contributed by atoms with Gasteiger partial charge in [0.1, 0.15) is 15.8 Å². The van der Waals surface area contributed by atoms with Crippen molar-refractivity contribution in [2.24, 2.45) is 0 Å². The van der Waals surface area contributed by atoms with Gasteiger partial charge >= 0.3 is 0 Å². The molecule has 6 heteroatoms. The summed E-state index contributed by atoms with van der Waals surface area (Å²) in [5.41, 5.74) is 3.13. The summed E-state index contributed by atoms with van der Waals surface area (Å²) in [6.45, 7) is 4.68. The highest BCUT2D eigenvalue weighted by Gasteiger charge is 2.16. The minimum absolute atomic E-state index is 0.675. The van der Waals surface area contributed by atoms with E-state index >= 15 is 0 Å². The molecular weight excluding hydrogens is 290 g/mol. The molecule has 0 saturated heterocycles.